The van der Waals surface area contributed by atoms with Crippen molar-refractivity contribution in [2.45, 2.75) is 51.6 Å². The van der Waals surface area contributed by atoms with Crippen molar-refractivity contribution in [1.82, 2.24) is 10.2 Å². The maximum atomic E-state index is 12.2. The number of hydrogen-bond donors (Lipinski definition) is 2. The molecule has 0 aromatic carbocycles. The first-order valence-electron chi connectivity index (χ1n) is 7.21. The first-order chi connectivity index (χ1) is 9.38. The predicted molar refractivity (Wildman–Crippen MR) is 71.9 cm³/mol. The third kappa shape index (κ3) is 3.11. The highest BCUT2D eigenvalue weighted by Crippen LogP contribution is 2.27. The number of nitrogens with one attached hydrogen (secondary N) is 1. The molecule has 2 rings (SSSR count). The number of hydrogen-bond acceptors (Lipinski definition) is 3. The van der Waals surface area contributed by atoms with Crippen molar-refractivity contribution < 1.29 is 19.5 Å². The summed E-state index contributed by atoms with van der Waals surface area (Å²) in [7, 11) is 0. The largest absolute Gasteiger partial charge is 0.481 e. The van der Waals surface area contributed by atoms with E-state index in [0.717, 1.165) is 0 Å². The zero-order chi connectivity index (χ0) is 14.9. The van der Waals surface area contributed by atoms with Crippen molar-refractivity contribution in [2.24, 2.45) is 11.8 Å². The average Bonchev–Trinajstić information content (AvgIpc) is 2.95. The molecule has 2 aliphatic rings. The summed E-state index contributed by atoms with van der Waals surface area (Å²) in [6, 6.07) is 0.0509. The molecule has 1 heterocycles. The monoisotopic (exact) mass is 282 g/mol. The molecule has 6 heteroatoms. The van der Waals surface area contributed by atoms with Gasteiger partial charge in [0.05, 0.1) is 11.8 Å². The lowest BCUT2D eigenvalue weighted by atomic mass is 10.1. The van der Waals surface area contributed by atoms with Gasteiger partial charge in [-0.2, -0.15) is 0 Å². The van der Waals surface area contributed by atoms with Crippen LogP contribution < -0.4 is 5.32 Å². The van der Waals surface area contributed by atoms with Crippen molar-refractivity contribution in [3.05, 3.63) is 0 Å². The minimum Gasteiger partial charge on any atom is -0.481 e. The molecule has 6 nitrogen and oxygen atoms in total. The van der Waals surface area contributed by atoms with Gasteiger partial charge in [-0.1, -0.05) is 0 Å². The second-order valence-corrected chi connectivity index (χ2v) is 6.09. The third-order valence-electron chi connectivity index (χ3n) is 4.28. The molecule has 1 aliphatic heterocycles. The molecule has 1 unspecified atom stereocenters. The van der Waals surface area contributed by atoms with E-state index in [2.05, 4.69) is 5.32 Å². The van der Waals surface area contributed by atoms with Gasteiger partial charge >= 0.3 is 5.97 Å². The molecule has 1 saturated carbocycles. The fraction of sp³-hybridized carbons (Fsp3) is 0.786. The summed E-state index contributed by atoms with van der Waals surface area (Å²) in [6.07, 6.45) is 2.08. The second-order valence-electron chi connectivity index (χ2n) is 6.09. The van der Waals surface area contributed by atoms with E-state index in [1.54, 1.807) is 4.90 Å². The van der Waals surface area contributed by atoms with Crippen LogP contribution in [0, 0.1) is 11.8 Å². The van der Waals surface area contributed by atoms with Gasteiger partial charge in [0.1, 0.15) is 0 Å². The predicted octanol–water partition coefficient (Wildman–Crippen LogP) is 0.613. The summed E-state index contributed by atoms with van der Waals surface area (Å²) >= 11 is 0. The van der Waals surface area contributed by atoms with Gasteiger partial charge in [0, 0.05) is 25.0 Å². The minimum absolute atomic E-state index is 0.0231. The van der Waals surface area contributed by atoms with Crippen molar-refractivity contribution >= 4 is 17.8 Å². The normalized spacial score (nSPS) is 30.1. The molecule has 1 aliphatic carbocycles. The number of carboxylic acids is 1. The SMILES string of the molecule is CC(C)N1CC(C(=O)N[C@H]2CC[C@@H](C(=O)O)C2)CC1=O. The van der Waals surface area contributed by atoms with Crippen LogP contribution in [0.25, 0.3) is 0 Å². The highest BCUT2D eigenvalue weighted by Gasteiger charge is 2.37. The number of carbonyl (C=O) groups excluding carboxylic acids is 2. The molecule has 2 amide bonds. The first-order valence-corrected chi connectivity index (χ1v) is 7.21. The Morgan fingerprint density at radius 3 is 2.50 bits per heavy atom. The number of nitrogens with zero attached hydrogens (tertiary/aromatic N) is 1. The highest BCUT2D eigenvalue weighted by atomic mass is 16.4. The molecule has 1 saturated heterocycles. The second kappa shape index (κ2) is 5.81. The van der Waals surface area contributed by atoms with Gasteiger partial charge in [-0.05, 0) is 33.1 Å². The van der Waals surface area contributed by atoms with Gasteiger partial charge in [0.2, 0.25) is 11.8 Å². The van der Waals surface area contributed by atoms with E-state index in [0.29, 0.717) is 25.8 Å². The first kappa shape index (κ1) is 14.8. The van der Waals surface area contributed by atoms with E-state index in [4.69, 9.17) is 5.11 Å². The quantitative estimate of drug-likeness (QED) is 0.791. The number of likely N-dealkylation sites (tertiary alicyclic amines) is 1. The van der Waals surface area contributed by atoms with Crippen molar-refractivity contribution in [1.29, 1.82) is 0 Å². The summed E-state index contributed by atoms with van der Waals surface area (Å²) in [6.45, 7) is 4.34. The summed E-state index contributed by atoms with van der Waals surface area (Å²) in [5.41, 5.74) is 0. The van der Waals surface area contributed by atoms with E-state index in [1.165, 1.54) is 0 Å². The maximum absolute atomic E-state index is 12.2. The Morgan fingerprint density at radius 1 is 1.30 bits per heavy atom. The molecule has 2 N–H and O–H groups in total. The van der Waals surface area contributed by atoms with Crippen LogP contribution in [0.3, 0.4) is 0 Å². The Labute approximate surface area is 118 Å². The fourth-order valence-electron chi connectivity index (χ4n) is 3.06. The highest BCUT2D eigenvalue weighted by molar-refractivity contribution is 5.89. The molecule has 0 aromatic rings. The van der Waals surface area contributed by atoms with Gasteiger partial charge in [-0.3, -0.25) is 14.4 Å². The van der Waals surface area contributed by atoms with E-state index >= 15 is 0 Å². The summed E-state index contributed by atoms with van der Waals surface area (Å²) in [5, 5.41) is 11.8. The van der Waals surface area contributed by atoms with Crippen molar-refractivity contribution in [3.8, 4) is 0 Å². The van der Waals surface area contributed by atoms with E-state index < -0.39 is 5.97 Å². The summed E-state index contributed by atoms with van der Waals surface area (Å²) in [5.74, 6) is -1.53. The number of carbonyl (C=O) groups is 3. The van der Waals surface area contributed by atoms with Gasteiger partial charge < -0.3 is 15.3 Å². The maximum Gasteiger partial charge on any atom is 0.306 e. The standard InChI is InChI=1S/C14H22N2O4/c1-8(2)16-7-10(6-12(16)17)13(18)15-11-4-3-9(5-11)14(19)20/h8-11H,3-7H2,1-2H3,(H,15,18)(H,19,20)/t9-,10?,11+/m1/s1. The van der Waals surface area contributed by atoms with Crippen molar-refractivity contribution in [3.63, 3.8) is 0 Å². The Hall–Kier alpha value is -1.59. The van der Waals surface area contributed by atoms with Gasteiger partial charge in [-0.15, -0.1) is 0 Å². The molecule has 112 valence electrons. The average molecular weight is 282 g/mol. The zero-order valence-corrected chi connectivity index (χ0v) is 12.0. The zero-order valence-electron chi connectivity index (χ0n) is 12.0. The Balaban J connectivity index is 1.85. The third-order valence-corrected chi connectivity index (χ3v) is 4.28. The lowest BCUT2D eigenvalue weighted by Crippen LogP contribution is -2.39. The Kier molecular flexibility index (Phi) is 4.30. The smallest absolute Gasteiger partial charge is 0.306 e. The molecule has 20 heavy (non-hydrogen) atoms. The minimum atomic E-state index is -0.788. The number of amides is 2. The Bertz CT molecular complexity index is 421. The van der Waals surface area contributed by atoms with Crippen LogP contribution in [0.5, 0.6) is 0 Å². The fourth-order valence-corrected chi connectivity index (χ4v) is 3.06. The molecule has 0 radical (unpaired) electrons. The van der Waals surface area contributed by atoms with Gasteiger partial charge in [0.15, 0.2) is 0 Å². The topological polar surface area (TPSA) is 86.7 Å². The molecule has 0 aromatic heterocycles. The van der Waals surface area contributed by atoms with E-state index in [-0.39, 0.29) is 42.2 Å². The van der Waals surface area contributed by atoms with Crippen LogP contribution in [0.1, 0.15) is 39.5 Å². The molecular weight excluding hydrogens is 260 g/mol. The molecule has 3 atom stereocenters. The van der Waals surface area contributed by atoms with E-state index in [9.17, 15) is 14.4 Å². The van der Waals surface area contributed by atoms with Crippen molar-refractivity contribution in [2.75, 3.05) is 6.54 Å². The van der Waals surface area contributed by atoms with Crippen LogP contribution >= 0.6 is 0 Å². The lowest BCUT2D eigenvalue weighted by Gasteiger charge is -2.21. The van der Waals surface area contributed by atoms with Crippen LogP contribution in [-0.4, -0.2) is 46.4 Å². The van der Waals surface area contributed by atoms with E-state index in [1.807, 2.05) is 13.8 Å². The Morgan fingerprint density at radius 2 is 2.00 bits per heavy atom. The van der Waals surface area contributed by atoms with Crippen LogP contribution in [0.4, 0.5) is 0 Å². The number of rotatable bonds is 4. The molecule has 0 spiro atoms. The van der Waals surface area contributed by atoms with Crippen LogP contribution in [-0.2, 0) is 14.4 Å². The lowest BCUT2D eigenvalue weighted by molar-refractivity contribution is -0.141. The number of carboxylic acid groups (broad SMARTS) is 1. The van der Waals surface area contributed by atoms with Gasteiger partial charge in [-0.25, -0.2) is 0 Å². The summed E-state index contributed by atoms with van der Waals surface area (Å²) < 4.78 is 0. The summed E-state index contributed by atoms with van der Waals surface area (Å²) in [4.78, 5) is 36.5. The van der Waals surface area contributed by atoms with Crippen LogP contribution in [0.15, 0.2) is 0 Å². The molecular formula is C14H22N2O4. The number of aliphatic carboxylic acids is 1. The van der Waals surface area contributed by atoms with Gasteiger partial charge in [0.25, 0.3) is 0 Å². The molecule has 0 bridgehead atoms. The molecule has 2 fully saturated rings. The van der Waals surface area contributed by atoms with Crippen LogP contribution in [0.2, 0.25) is 0 Å².